The summed E-state index contributed by atoms with van der Waals surface area (Å²) in [5.41, 5.74) is 6.94. The molecule has 3 nitrogen and oxygen atoms in total. The lowest BCUT2D eigenvalue weighted by Gasteiger charge is -2.17. The van der Waals surface area contributed by atoms with E-state index < -0.39 is 5.54 Å². The van der Waals surface area contributed by atoms with Crippen molar-refractivity contribution in [3.63, 3.8) is 0 Å². The van der Waals surface area contributed by atoms with Crippen LogP contribution in [0.4, 0.5) is 5.69 Å². The van der Waals surface area contributed by atoms with Crippen molar-refractivity contribution in [1.29, 1.82) is 0 Å². The number of amides is 1. The van der Waals surface area contributed by atoms with E-state index in [1.165, 1.54) is 0 Å². The van der Waals surface area contributed by atoms with Gasteiger partial charge in [0.25, 0.3) is 0 Å². The molecular weight excluding hydrogens is 224 g/mol. The van der Waals surface area contributed by atoms with Gasteiger partial charge in [-0.25, -0.2) is 0 Å². The molecule has 1 aromatic rings. The molecule has 0 saturated heterocycles. The molecule has 1 rings (SSSR count). The number of halogens is 1. The van der Waals surface area contributed by atoms with E-state index in [4.69, 9.17) is 17.3 Å². The van der Waals surface area contributed by atoms with E-state index in [2.05, 4.69) is 5.32 Å². The van der Waals surface area contributed by atoms with Gasteiger partial charge in [-0.15, -0.1) is 0 Å². The Morgan fingerprint density at radius 1 is 1.50 bits per heavy atom. The van der Waals surface area contributed by atoms with Crippen LogP contribution in [0, 0.1) is 6.92 Å². The highest BCUT2D eigenvalue weighted by molar-refractivity contribution is 6.31. The molecule has 1 amide bonds. The highest BCUT2D eigenvalue weighted by atomic mass is 35.5. The minimum absolute atomic E-state index is 0.104. The van der Waals surface area contributed by atoms with Gasteiger partial charge < -0.3 is 11.1 Å². The van der Waals surface area contributed by atoms with Gasteiger partial charge in [-0.1, -0.05) is 17.7 Å². The molecule has 0 saturated carbocycles. The fraction of sp³-hybridized carbons (Fsp3) is 0.417. The van der Waals surface area contributed by atoms with Crippen LogP contribution in [0.5, 0.6) is 0 Å². The first-order valence-corrected chi connectivity index (χ1v) is 5.50. The molecular formula is C12H17ClN2O. The van der Waals surface area contributed by atoms with Gasteiger partial charge in [0.2, 0.25) is 5.91 Å². The van der Waals surface area contributed by atoms with Crippen molar-refractivity contribution in [2.45, 2.75) is 32.7 Å². The van der Waals surface area contributed by atoms with Crippen molar-refractivity contribution >= 4 is 23.2 Å². The van der Waals surface area contributed by atoms with Crippen LogP contribution >= 0.6 is 11.6 Å². The molecule has 88 valence electrons. The van der Waals surface area contributed by atoms with Crippen LogP contribution < -0.4 is 11.1 Å². The van der Waals surface area contributed by atoms with Crippen LogP contribution in [0.25, 0.3) is 0 Å². The largest absolute Gasteiger partial charge is 0.326 e. The van der Waals surface area contributed by atoms with E-state index in [0.29, 0.717) is 10.7 Å². The smallest absolute Gasteiger partial charge is 0.226 e. The van der Waals surface area contributed by atoms with E-state index in [9.17, 15) is 4.79 Å². The van der Waals surface area contributed by atoms with Crippen LogP contribution in [-0.2, 0) is 4.79 Å². The summed E-state index contributed by atoms with van der Waals surface area (Å²) >= 11 is 5.95. The first-order valence-electron chi connectivity index (χ1n) is 5.13. The third kappa shape index (κ3) is 4.21. The predicted octanol–water partition coefficient (Wildman–Crippen LogP) is 2.71. The van der Waals surface area contributed by atoms with E-state index in [-0.39, 0.29) is 12.3 Å². The van der Waals surface area contributed by atoms with Gasteiger partial charge in [0.1, 0.15) is 0 Å². The summed E-state index contributed by atoms with van der Waals surface area (Å²) < 4.78 is 0. The summed E-state index contributed by atoms with van der Waals surface area (Å²) in [4.78, 5) is 11.6. The van der Waals surface area contributed by atoms with Gasteiger partial charge in [0.05, 0.1) is 0 Å². The van der Waals surface area contributed by atoms with Gasteiger partial charge in [0, 0.05) is 22.7 Å². The number of anilines is 1. The Morgan fingerprint density at radius 2 is 2.12 bits per heavy atom. The second-order valence-corrected chi connectivity index (χ2v) is 5.08. The SMILES string of the molecule is Cc1ccc(NC(=O)CC(C)(C)N)cc1Cl. The summed E-state index contributed by atoms with van der Waals surface area (Å²) in [6.45, 7) is 5.54. The molecule has 0 atom stereocenters. The number of aryl methyl sites for hydroxylation is 1. The third-order valence-corrected chi connectivity index (χ3v) is 2.48. The molecule has 16 heavy (non-hydrogen) atoms. The van der Waals surface area contributed by atoms with Crippen LogP contribution in [0.2, 0.25) is 5.02 Å². The maximum atomic E-state index is 11.6. The van der Waals surface area contributed by atoms with Crippen molar-refractivity contribution < 1.29 is 4.79 Å². The molecule has 0 aromatic heterocycles. The first-order chi connectivity index (χ1) is 7.28. The number of nitrogens with two attached hydrogens (primary N) is 1. The van der Waals surface area contributed by atoms with Crippen LogP contribution in [0.3, 0.4) is 0 Å². The maximum absolute atomic E-state index is 11.6. The van der Waals surface area contributed by atoms with Crippen molar-refractivity contribution in [3.8, 4) is 0 Å². The summed E-state index contributed by atoms with van der Waals surface area (Å²) in [5, 5.41) is 3.41. The Kier molecular flexibility index (Phi) is 3.94. The van der Waals surface area contributed by atoms with Crippen LogP contribution in [-0.4, -0.2) is 11.4 Å². The molecule has 0 radical (unpaired) electrons. The monoisotopic (exact) mass is 240 g/mol. The number of carbonyl (C=O) groups is 1. The average Bonchev–Trinajstić information content (AvgIpc) is 2.08. The average molecular weight is 241 g/mol. The van der Waals surface area contributed by atoms with Gasteiger partial charge in [0.15, 0.2) is 0 Å². The lowest BCUT2D eigenvalue weighted by molar-refractivity contribution is -0.117. The third-order valence-electron chi connectivity index (χ3n) is 2.07. The highest BCUT2D eigenvalue weighted by Crippen LogP contribution is 2.20. The molecule has 0 spiro atoms. The van der Waals surface area contributed by atoms with Crippen LogP contribution in [0.15, 0.2) is 18.2 Å². The summed E-state index contributed by atoms with van der Waals surface area (Å²) in [6.07, 6.45) is 0.276. The van der Waals surface area contributed by atoms with Gasteiger partial charge in [-0.05, 0) is 38.5 Å². The zero-order valence-corrected chi connectivity index (χ0v) is 10.6. The van der Waals surface area contributed by atoms with Gasteiger partial charge in [-0.3, -0.25) is 4.79 Å². The Labute approximate surface area is 101 Å². The normalized spacial score (nSPS) is 11.3. The zero-order valence-electron chi connectivity index (χ0n) is 9.80. The summed E-state index contributed by atoms with van der Waals surface area (Å²) in [5.74, 6) is -0.104. The van der Waals surface area contributed by atoms with E-state index in [1.807, 2.05) is 32.9 Å². The maximum Gasteiger partial charge on any atom is 0.226 e. The van der Waals surface area contributed by atoms with Gasteiger partial charge in [-0.2, -0.15) is 0 Å². The van der Waals surface area contributed by atoms with E-state index in [0.717, 1.165) is 5.56 Å². The van der Waals surface area contributed by atoms with Crippen molar-refractivity contribution in [1.82, 2.24) is 0 Å². The number of benzene rings is 1. The van der Waals surface area contributed by atoms with E-state index >= 15 is 0 Å². The standard InChI is InChI=1S/C12H17ClN2O/c1-8-4-5-9(6-10(8)13)15-11(16)7-12(2,3)14/h4-6H,7,14H2,1-3H3,(H,15,16). The zero-order chi connectivity index (χ0) is 12.3. The molecule has 0 bridgehead atoms. The predicted molar refractivity (Wildman–Crippen MR) is 67.7 cm³/mol. The van der Waals surface area contributed by atoms with Crippen molar-refractivity contribution in [2.75, 3.05) is 5.32 Å². The molecule has 0 unspecified atom stereocenters. The quantitative estimate of drug-likeness (QED) is 0.854. The molecule has 3 N–H and O–H groups in total. The Bertz CT molecular complexity index is 396. The molecule has 1 aromatic carbocycles. The first kappa shape index (κ1) is 13.0. The topological polar surface area (TPSA) is 55.1 Å². The molecule has 4 heteroatoms. The fourth-order valence-corrected chi connectivity index (χ4v) is 1.47. The van der Waals surface area contributed by atoms with Crippen molar-refractivity contribution in [3.05, 3.63) is 28.8 Å². The lowest BCUT2D eigenvalue weighted by atomic mass is 10.0. The molecule has 0 aliphatic carbocycles. The second-order valence-electron chi connectivity index (χ2n) is 4.68. The Hall–Kier alpha value is -1.06. The number of nitrogens with one attached hydrogen (secondary N) is 1. The van der Waals surface area contributed by atoms with E-state index in [1.54, 1.807) is 6.07 Å². The minimum atomic E-state index is -0.501. The molecule has 0 aliphatic heterocycles. The Balaban J connectivity index is 2.67. The second kappa shape index (κ2) is 4.85. The minimum Gasteiger partial charge on any atom is -0.326 e. The van der Waals surface area contributed by atoms with Gasteiger partial charge >= 0.3 is 0 Å². The fourth-order valence-electron chi connectivity index (χ4n) is 1.29. The number of hydrogen-bond acceptors (Lipinski definition) is 2. The summed E-state index contributed by atoms with van der Waals surface area (Å²) in [7, 11) is 0. The molecule has 0 fully saturated rings. The number of rotatable bonds is 3. The number of carbonyl (C=O) groups excluding carboxylic acids is 1. The lowest BCUT2D eigenvalue weighted by Crippen LogP contribution is -2.36. The van der Waals surface area contributed by atoms with Crippen molar-refractivity contribution in [2.24, 2.45) is 5.73 Å². The summed E-state index contributed by atoms with van der Waals surface area (Å²) in [6, 6.07) is 5.42. The molecule has 0 heterocycles. The van der Waals surface area contributed by atoms with Crippen LogP contribution in [0.1, 0.15) is 25.8 Å². The highest BCUT2D eigenvalue weighted by Gasteiger charge is 2.16. The number of hydrogen-bond donors (Lipinski definition) is 2. The Morgan fingerprint density at radius 3 is 2.62 bits per heavy atom. The molecule has 0 aliphatic rings.